The summed E-state index contributed by atoms with van der Waals surface area (Å²) in [7, 11) is 0. The largest absolute Gasteiger partial charge is 0.360 e. The SMILES string of the molecule is C#CC(CC)(CC)NC(=O)c1c(-c2c(Cl)cccc2Cl)noc1C. The monoisotopic (exact) mass is 364 g/mol. The van der Waals surface area contributed by atoms with Gasteiger partial charge in [-0.3, -0.25) is 4.79 Å². The first-order valence-electron chi connectivity index (χ1n) is 7.60. The number of nitrogens with one attached hydrogen (secondary N) is 1. The highest BCUT2D eigenvalue weighted by molar-refractivity contribution is 6.39. The molecule has 0 spiro atoms. The summed E-state index contributed by atoms with van der Waals surface area (Å²) in [6.07, 6.45) is 6.84. The average Bonchev–Trinajstić information content (AvgIpc) is 2.94. The van der Waals surface area contributed by atoms with Crippen LogP contribution in [0.15, 0.2) is 22.7 Å². The molecule has 2 aromatic rings. The van der Waals surface area contributed by atoms with Gasteiger partial charge in [0.2, 0.25) is 0 Å². The van der Waals surface area contributed by atoms with Crippen LogP contribution in [0.5, 0.6) is 0 Å². The Morgan fingerprint density at radius 2 is 1.92 bits per heavy atom. The van der Waals surface area contributed by atoms with Crippen molar-refractivity contribution >= 4 is 29.1 Å². The van der Waals surface area contributed by atoms with Crippen LogP contribution in [0.1, 0.15) is 42.8 Å². The van der Waals surface area contributed by atoms with E-state index < -0.39 is 5.54 Å². The molecular weight excluding hydrogens is 347 g/mol. The molecule has 0 aliphatic rings. The molecule has 1 aromatic carbocycles. The molecule has 0 saturated carbocycles. The van der Waals surface area contributed by atoms with Crippen LogP contribution in [-0.4, -0.2) is 16.6 Å². The van der Waals surface area contributed by atoms with Gasteiger partial charge in [0.15, 0.2) is 0 Å². The van der Waals surface area contributed by atoms with Gasteiger partial charge in [0.05, 0.1) is 10.0 Å². The van der Waals surface area contributed by atoms with Gasteiger partial charge in [-0.25, -0.2) is 0 Å². The molecule has 24 heavy (non-hydrogen) atoms. The summed E-state index contributed by atoms with van der Waals surface area (Å²) in [4.78, 5) is 12.8. The zero-order valence-electron chi connectivity index (χ0n) is 13.7. The van der Waals surface area contributed by atoms with E-state index in [4.69, 9.17) is 34.1 Å². The fraction of sp³-hybridized carbons (Fsp3) is 0.333. The number of carbonyl (C=O) groups is 1. The molecule has 0 saturated heterocycles. The third-order valence-electron chi connectivity index (χ3n) is 4.13. The molecule has 0 atom stereocenters. The molecule has 1 amide bonds. The lowest BCUT2D eigenvalue weighted by atomic mass is 9.93. The van der Waals surface area contributed by atoms with Crippen molar-refractivity contribution in [3.8, 4) is 23.6 Å². The van der Waals surface area contributed by atoms with Crippen molar-refractivity contribution < 1.29 is 9.32 Å². The van der Waals surface area contributed by atoms with Crippen LogP contribution in [0.2, 0.25) is 10.0 Å². The molecule has 1 aromatic heterocycles. The van der Waals surface area contributed by atoms with Crippen LogP contribution in [0.25, 0.3) is 11.3 Å². The van der Waals surface area contributed by atoms with Gasteiger partial charge in [-0.2, -0.15) is 0 Å². The minimum Gasteiger partial charge on any atom is -0.360 e. The quantitative estimate of drug-likeness (QED) is 0.769. The van der Waals surface area contributed by atoms with E-state index in [9.17, 15) is 4.79 Å². The first-order valence-corrected chi connectivity index (χ1v) is 8.35. The Hall–Kier alpha value is -1.96. The maximum Gasteiger partial charge on any atom is 0.258 e. The lowest BCUT2D eigenvalue weighted by Crippen LogP contribution is -2.46. The minimum atomic E-state index is -0.720. The maximum absolute atomic E-state index is 12.8. The second-order valence-electron chi connectivity index (χ2n) is 5.45. The molecule has 0 fully saturated rings. The number of benzene rings is 1. The zero-order valence-corrected chi connectivity index (χ0v) is 15.3. The van der Waals surface area contributed by atoms with Crippen molar-refractivity contribution in [1.82, 2.24) is 10.5 Å². The minimum absolute atomic E-state index is 0.284. The molecule has 2 rings (SSSR count). The Labute approximate surface area is 151 Å². The summed E-state index contributed by atoms with van der Waals surface area (Å²) in [5.74, 6) is 2.69. The van der Waals surface area contributed by atoms with E-state index in [0.29, 0.717) is 39.9 Å². The number of hydrogen-bond acceptors (Lipinski definition) is 3. The lowest BCUT2D eigenvalue weighted by molar-refractivity contribution is 0.0915. The Kier molecular flexibility index (Phi) is 5.58. The summed E-state index contributed by atoms with van der Waals surface area (Å²) in [6, 6.07) is 5.08. The number of nitrogens with zero attached hydrogens (tertiary/aromatic N) is 1. The molecule has 0 bridgehead atoms. The summed E-state index contributed by atoms with van der Waals surface area (Å²) < 4.78 is 5.22. The van der Waals surface area contributed by atoms with Crippen LogP contribution in [0, 0.1) is 19.3 Å². The van der Waals surface area contributed by atoms with Crippen molar-refractivity contribution in [2.45, 2.75) is 39.2 Å². The topological polar surface area (TPSA) is 55.1 Å². The summed E-state index contributed by atoms with van der Waals surface area (Å²) in [5, 5.41) is 7.67. The van der Waals surface area contributed by atoms with E-state index in [2.05, 4.69) is 16.4 Å². The highest BCUT2D eigenvalue weighted by Crippen LogP contribution is 2.36. The molecule has 6 heteroatoms. The van der Waals surface area contributed by atoms with Crippen molar-refractivity contribution in [1.29, 1.82) is 0 Å². The lowest BCUT2D eigenvalue weighted by Gasteiger charge is -2.27. The molecule has 0 aliphatic heterocycles. The second kappa shape index (κ2) is 7.29. The number of aromatic nitrogens is 1. The van der Waals surface area contributed by atoms with Gasteiger partial charge in [0.1, 0.15) is 22.6 Å². The van der Waals surface area contributed by atoms with Gasteiger partial charge in [-0.05, 0) is 31.9 Å². The zero-order chi connectivity index (χ0) is 17.9. The predicted molar refractivity (Wildman–Crippen MR) is 96.3 cm³/mol. The number of amides is 1. The van der Waals surface area contributed by atoms with Gasteiger partial charge >= 0.3 is 0 Å². The average molecular weight is 365 g/mol. The van der Waals surface area contributed by atoms with Crippen molar-refractivity contribution in [2.75, 3.05) is 0 Å². The molecule has 1 N–H and O–H groups in total. The van der Waals surface area contributed by atoms with Crippen molar-refractivity contribution in [3.63, 3.8) is 0 Å². The van der Waals surface area contributed by atoms with E-state index in [0.717, 1.165) is 0 Å². The van der Waals surface area contributed by atoms with Gasteiger partial charge in [0, 0.05) is 5.56 Å². The highest BCUT2D eigenvalue weighted by Gasteiger charge is 2.31. The van der Waals surface area contributed by atoms with Gasteiger partial charge in [-0.1, -0.05) is 54.2 Å². The fourth-order valence-corrected chi connectivity index (χ4v) is 3.06. The Balaban J connectivity index is 2.52. The summed E-state index contributed by atoms with van der Waals surface area (Å²) in [6.45, 7) is 5.51. The standard InChI is InChI=1S/C18H18Cl2N2O2/c1-5-18(6-2,7-3)21-17(23)14-11(4)24-22-16(14)15-12(19)9-8-10-13(15)20/h1,8-10H,6-7H2,2-4H3,(H,21,23). The van der Waals surface area contributed by atoms with E-state index in [1.54, 1.807) is 25.1 Å². The van der Waals surface area contributed by atoms with Gasteiger partial charge in [-0.15, -0.1) is 6.42 Å². The van der Waals surface area contributed by atoms with Crippen LogP contribution >= 0.6 is 23.2 Å². The van der Waals surface area contributed by atoms with Gasteiger partial charge < -0.3 is 9.84 Å². The van der Waals surface area contributed by atoms with Crippen molar-refractivity contribution in [3.05, 3.63) is 39.6 Å². The smallest absolute Gasteiger partial charge is 0.258 e. The molecule has 1 heterocycles. The molecule has 0 unspecified atom stereocenters. The molecule has 0 aliphatic carbocycles. The molecule has 4 nitrogen and oxygen atoms in total. The Morgan fingerprint density at radius 3 is 2.42 bits per heavy atom. The maximum atomic E-state index is 12.8. The predicted octanol–water partition coefficient (Wildman–Crippen LogP) is 4.88. The van der Waals surface area contributed by atoms with Crippen LogP contribution < -0.4 is 5.32 Å². The number of halogens is 2. The molecule has 0 radical (unpaired) electrons. The van der Waals surface area contributed by atoms with Crippen LogP contribution in [-0.2, 0) is 0 Å². The Bertz CT molecular complexity index is 782. The first-order chi connectivity index (χ1) is 11.4. The first kappa shape index (κ1) is 18.4. The fourth-order valence-electron chi connectivity index (χ4n) is 2.48. The van der Waals surface area contributed by atoms with Crippen LogP contribution in [0.4, 0.5) is 0 Å². The number of rotatable bonds is 5. The normalized spacial score (nSPS) is 11.2. The number of aryl methyl sites for hydroxylation is 1. The Morgan fingerprint density at radius 1 is 1.33 bits per heavy atom. The summed E-state index contributed by atoms with van der Waals surface area (Å²) in [5.41, 5.74) is 0.329. The van der Waals surface area contributed by atoms with Crippen molar-refractivity contribution in [2.24, 2.45) is 0 Å². The number of terminal acetylenes is 1. The third kappa shape index (κ3) is 3.28. The van der Waals surface area contributed by atoms with E-state index in [-0.39, 0.29) is 11.5 Å². The van der Waals surface area contributed by atoms with E-state index in [1.807, 2.05) is 13.8 Å². The third-order valence-corrected chi connectivity index (χ3v) is 4.76. The summed E-state index contributed by atoms with van der Waals surface area (Å²) >= 11 is 12.5. The van der Waals surface area contributed by atoms with E-state index >= 15 is 0 Å². The van der Waals surface area contributed by atoms with E-state index in [1.165, 1.54) is 0 Å². The van der Waals surface area contributed by atoms with Crippen LogP contribution in [0.3, 0.4) is 0 Å². The highest BCUT2D eigenvalue weighted by atomic mass is 35.5. The van der Waals surface area contributed by atoms with Gasteiger partial charge in [0.25, 0.3) is 5.91 Å². The number of carbonyl (C=O) groups excluding carboxylic acids is 1. The molecular formula is C18H18Cl2N2O2. The molecule has 126 valence electrons. The number of hydrogen-bond donors (Lipinski definition) is 1. The second-order valence-corrected chi connectivity index (χ2v) is 6.26.